The van der Waals surface area contributed by atoms with E-state index < -0.39 is 0 Å². The predicted molar refractivity (Wildman–Crippen MR) is 107 cm³/mol. The summed E-state index contributed by atoms with van der Waals surface area (Å²) < 4.78 is 1.88. The van der Waals surface area contributed by atoms with E-state index in [4.69, 9.17) is 0 Å². The van der Waals surface area contributed by atoms with Crippen molar-refractivity contribution in [2.75, 3.05) is 18.4 Å². The number of nitrogens with zero attached hydrogens (tertiary/aromatic N) is 3. The SMILES string of the molecule is Cc1cccc(NC(=O)N[C@@H]2CCCc3c2cnn3C)c1C(=O)N1CCCC1. The molecule has 4 rings (SSSR count). The van der Waals surface area contributed by atoms with Gasteiger partial charge in [0, 0.05) is 31.4 Å². The number of carbonyl (C=O) groups is 2. The lowest BCUT2D eigenvalue weighted by molar-refractivity contribution is 0.0793. The average molecular weight is 381 g/mol. The van der Waals surface area contributed by atoms with E-state index in [1.54, 1.807) is 6.07 Å². The number of carbonyl (C=O) groups excluding carboxylic acids is 2. The van der Waals surface area contributed by atoms with E-state index >= 15 is 0 Å². The molecular formula is C21H27N5O2. The van der Waals surface area contributed by atoms with Gasteiger partial charge in [0.2, 0.25) is 0 Å². The van der Waals surface area contributed by atoms with Crippen molar-refractivity contribution in [2.24, 2.45) is 7.05 Å². The highest BCUT2D eigenvalue weighted by atomic mass is 16.2. The van der Waals surface area contributed by atoms with Crippen molar-refractivity contribution in [1.29, 1.82) is 0 Å². The molecule has 1 aromatic heterocycles. The fourth-order valence-electron chi connectivity index (χ4n) is 4.31. The third kappa shape index (κ3) is 3.48. The van der Waals surface area contributed by atoms with Gasteiger partial charge in [-0.25, -0.2) is 4.79 Å². The Morgan fingerprint density at radius 2 is 1.96 bits per heavy atom. The van der Waals surface area contributed by atoms with Gasteiger partial charge in [-0.2, -0.15) is 5.10 Å². The van der Waals surface area contributed by atoms with Crippen molar-refractivity contribution in [3.05, 3.63) is 46.8 Å². The lowest BCUT2D eigenvalue weighted by Crippen LogP contribution is -2.35. The molecule has 2 N–H and O–H groups in total. The molecule has 2 aromatic rings. The van der Waals surface area contributed by atoms with Crippen LogP contribution in [0.5, 0.6) is 0 Å². The number of hydrogen-bond donors (Lipinski definition) is 2. The average Bonchev–Trinajstić information content (AvgIpc) is 3.33. The molecule has 1 aromatic carbocycles. The van der Waals surface area contributed by atoms with Crippen LogP contribution < -0.4 is 10.6 Å². The summed E-state index contributed by atoms with van der Waals surface area (Å²) in [6.45, 7) is 3.48. The number of fused-ring (bicyclic) bond motifs is 1. The van der Waals surface area contributed by atoms with Crippen LogP contribution >= 0.6 is 0 Å². The van der Waals surface area contributed by atoms with Crippen molar-refractivity contribution < 1.29 is 9.59 Å². The van der Waals surface area contributed by atoms with Crippen LogP contribution in [0.25, 0.3) is 0 Å². The summed E-state index contributed by atoms with van der Waals surface area (Å²) >= 11 is 0. The van der Waals surface area contributed by atoms with Gasteiger partial charge in [0.15, 0.2) is 0 Å². The van der Waals surface area contributed by atoms with Gasteiger partial charge in [0.1, 0.15) is 0 Å². The molecule has 2 heterocycles. The zero-order valence-corrected chi connectivity index (χ0v) is 16.5. The maximum Gasteiger partial charge on any atom is 0.319 e. The van der Waals surface area contributed by atoms with Crippen LogP contribution in [-0.2, 0) is 13.5 Å². The van der Waals surface area contributed by atoms with E-state index in [9.17, 15) is 9.59 Å². The summed E-state index contributed by atoms with van der Waals surface area (Å²) in [7, 11) is 1.93. The first-order valence-corrected chi connectivity index (χ1v) is 10.0. The number of amides is 3. The molecule has 1 aliphatic heterocycles. The van der Waals surface area contributed by atoms with Crippen LogP contribution in [0.15, 0.2) is 24.4 Å². The summed E-state index contributed by atoms with van der Waals surface area (Å²) in [6, 6.07) is 5.23. The summed E-state index contributed by atoms with van der Waals surface area (Å²) in [5, 5.41) is 10.3. The molecule has 1 atom stereocenters. The third-order valence-corrected chi connectivity index (χ3v) is 5.81. The summed E-state index contributed by atoms with van der Waals surface area (Å²) in [6.07, 6.45) is 6.80. The Hall–Kier alpha value is -2.83. The number of rotatable bonds is 3. The number of likely N-dealkylation sites (tertiary alicyclic amines) is 1. The van der Waals surface area contributed by atoms with E-state index in [-0.39, 0.29) is 18.0 Å². The Kier molecular flexibility index (Phi) is 5.07. The minimum absolute atomic E-state index is 0.00175. The molecule has 1 fully saturated rings. The normalized spacial score (nSPS) is 18.6. The van der Waals surface area contributed by atoms with Crippen molar-refractivity contribution >= 4 is 17.6 Å². The number of aromatic nitrogens is 2. The maximum absolute atomic E-state index is 13.0. The zero-order chi connectivity index (χ0) is 19.7. The molecule has 7 heteroatoms. The highest BCUT2D eigenvalue weighted by Crippen LogP contribution is 2.29. The zero-order valence-electron chi connectivity index (χ0n) is 16.5. The first kappa shape index (κ1) is 18.5. The standard InChI is InChI=1S/C21H27N5O2/c1-14-7-5-9-17(19(14)20(27)26-11-3-4-12-26)24-21(28)23-16-8-6-10-18-15(16)13-22-25(18)2/h5,7,9,13,16H,3-4,6,8,10-12H2,1-2H3,(H2,23,24,28)/t16-/m1/s1. The minimum atomic E-state index is -0.289. The van der Waals surface area contributed by atoms with Crippen LogP contribution in [0.3, 0.4) is 0 Å². The Bertz CT molecular complexity index is 898. The highest BCUT2D eigenvalue weighted by molar-refractivity contribution is 6.04. The van der Waals surface area contributed by atoms with Crippen LogP contribution in [0, 0.1) is 6.92 Å². The van der Waals surface area contributed by atoms with Crippen LogP contribution in [0.2, 0.25) is 0 Å². The Balaban J connectivity index is 1.51. The Morgan fingerprint density at radius 1 is 1.18 bits per heavy atom. The molecule has 7 nitrogen and oxygen atoms in total. The topological polar surface area (TPSA) is 79.3 Å². The minimum Gasteiger partial charge on any atom is -0.339 e. The van der Waals surface area contributed by atoms with Crippen LogP contribution in [0.4, 0.5) is 10.5 Å². The third-order valence-electron chi connectivity index (χ3n) is 5.81. The Labute approximate surface area is 165 Å². The Morgan fingerprint density at radius 3 is 2.75 bits per heavy atom. The van der Waals surface area contributed by atoms with Crippen molar-refractivity contribution in [3.63, 3.8) is 0 Å². The monoisotopic (exact) mass is 381 g/mol. The number of nitrogens with one attached hydrogen (secondary N) is 2. The van der Waals surface area contributed by atoms with Gasteiger partial charge >= 0.3 is 6.03 Å². The van der Waals surface area contributed by atoms with Gasteiger partial charge in [0.25, 0.3) is 5.91 Å². The molecule has 1 aliphatic carbocycles. The van der Waals surface area contributed by atoms with Crippen molar-refractivity contribution in [2.45, 2.75) is 45.1 Å². The second-order valence-corrected chi connectivity index (χ2v) is 7.71. The predicted octanol–water partition coefficient (Wildman–Crippen LogP) is 3.16. The van der Waals surface area contributed by atoms with Gasteiger partial charge in [0.05, 0.1) is 23.5 Å². The number of anilines is 1. The number of urea groups is 1. The van der Waals surface area contributed by atoms with E-state index in [1.165, 1.54) is 5.69 Å². The fraction of sp³-hybridized carbons (Fsp3) is 0.476. The molecule has 0 unspecified atom stereocenters. The molecule has 1 saturated heterocycles. The van der Waals surface area contributed by atoms with Crippen molar-refractivity contribution in [3.8, 4) is 0 Å². The number of hydrogen-bond acceptors (Lipinski definition) is 3. The second kappa shape index (κ2) is 7.66. The van der Waals surface area contributed by atoms with Crippen LogP contribution in [0.1, 0.15) is 58.9 Å². The molecule has 0 spiro atoms. The van der Waals surface area contributed by atoms with Gasteiger partial charge in [-0.3, -0.25) is 9.48 Å². The largest absolute Gasteiger partial charge is 0.339 e. The molecule has 0 radical (unpaired) electrons. The van der Waals surface area contributed by atoms with Crippen LogP contribution in [-0.4, -0.2) is 39.7 Å². The molecule has 0 bridgehead atoms. The first-order valence-electron chi connectivity index (χ1n) is 10.0. The summed E-state index contributed by atoms with van der Waals surface area (Å²) in [5.74, 6) is -0.00175. The van der Waals surface area contributed by atoms with Crippen molar-refractivity contribution in [1.82, 2.24) is 20.0 Å². The van der Waals surface area contributed by atoms with Gasteiger partial charge in [-0.05, 0) is 50.7 Å². The molecule has 0 saturated carbocycles. The first-order chi connectivity index (χ1) is 13.5. The molecule has 2 aliphatic rings. The summed E-state index contributed by atoms with van der Waals surface area (Å²) in [5.41, 5.74) is 4.29. The molecule has 148 valence electrons. The van der Waals surface area contributed by atoms with Gasteiger partial charge < -0.3 is 15.5 Å². The highest BCUT2D eigenvalue weighted by Gasteiger charge is 2.27. The van der Waals surface area contributed by atoms with E-state index in [0.717, 1.165) is 56.3 Å². The maximum atomic E-state index is 13.0. The van der Waals surface area contributed by atoms with E-state index in [1.807, 2.05) is 41.9 Å². The lowest BCUT2D eigenvalue weighted by Gasteiger charge is -2.24. The number of aryl methyl sites for hydroxylation is 2. The van der Waals surface area contributed by atoms with Gasteiger partial charge in [-0.15, -0.1) is 0 Å². The fourth-order valence-corrected chi connectivity index (χ4v) is 4.31. The molecular weight excluding hydrogens is 354 g/mol. The molecule has 3 amide bonds. The van der Waals surface area contributed by atoms with Gasteiger partial charge in [-0.1, -0.05) is 12.1 Å². The second-order valence-electron chi connectivity index (χ2n) is 7.71. The molecule has 28 heavy (non-hydrogen) atoms. The lowest BCUT2D eigenvalue weighted by atomic mass is 9.93. The summed E-state index contributed by atoms with van der Waals surface area (Å²) in [4.78, 5) is 27.6. The number of benzene rings is 1. The quantitative estimate of drug-likeness (QED) is 0.857. The van der Waals surface area contributed by atoms with E-state index in [0.29, 0.717) is 11.3 Å². The smallest absolute Gasteiger partial charge is 0.319 e. The van der Waals surface area contributed by atoms with E-state index in [2.05, 4.69) is 15.7 Å².